The number of aliphatic hydroxyl groups excluding tert-OH is 1. The third-order valence-electron chi connectivity index (χ3n) is 1.82. The summed E-state index contributed by atoms with van der Waals surface area (Å²) in [5, 5.41) is 10.3. The van der Waals surface area contributed by atoms with E-state index in [-0.39, 0.29) is 0 Å². The van der Waals surface area contributed by atoms with Gasteiger partial charge in [0.1, 0.15) is 6.10 Å². The second-order valence-electron chi connectivity index (χ2n) is 2.97. The van der Waals surface area contributed by atoms with Crippen LogP contribution < -0.4 is 5.73 Å². The van der Waals surface area contributed by atoms with Gasteiger partial charge in [-0.15, -0.1) is 0 Å². The molecular formula is C8H10N4OS. The van der Waals surface area contributed by atoms with Gasteiger partial charge in [-0.2, -0.15) is 0 Å². The van der Waals surface area contributed by atoms with E-state index in [0.29, 0.717) is 15.7 Å². The molecule has 0 fully saturated rings. The molecule has 2 rings (SSSR count). The molecule has 0 radical (unpaired) electrons. The Balaban J connectivity index is 2.28. The highest BCUT2D eigenvalue weighted by Gasteiger charge is 2.15. The number of hydrogen-bond acceptors (Lipinski definition) is 5. The van der Waals surface area contributed by atoms with Crippen molar-refractivity contribution in [3.8, 4) is 0 Å². The predicted molar refractivity (Wildman–Crippen MR) is 53.8 cm³/mol. The highest BCUT2D eigenvalue weighted by molar-refractivity contribution is 7.15. The van der Waals surface area contributed by atoms with E-state index in [9.17, 15) is 5.11 Å². The minimum atomic E-state index is -0.731. The Kier molecular flexibility index (Phi) is 2.22. The maximum Gasteiger partial charge on any atom is 0.180 e. The third-order valence-corrected chi connectivity index (χ3v) is 2.69. The van der Waals surface area contributed by atoms with Crippen LogP contribution in [0.1, 0.15) is 16.7 Å². The van der Waals surface area contributed by atoms with Crippen molar-refractivity contribution < 1.29 is 5.11 Å². The normalized spacial score (nSPS) is 13.0. The van der Waals surface area contributed by atoms with Crippen LogP contribution in [0.25, 0.3) is 0 Å². The highest BCUT2D eigenvalue weighted by atomic mass is 32.1. The molecule has 1 atom stereocenters. The van der Waals surface area contributed by atoms with E-state index in [2.05, 4.69) is 9.97 Å². The Morgan fingerprint density at radius 2 is 2.36 bits per heavy atom. The van der Waals surface area contributed by atoms with E-state index in [0.717, 1.165) is 0 Å². The average molecular weight is 210 g/mol. The van der Waals surface area contributed by atoms with Gasteiger partial charge in [0.2, 0.25) is 0 Å². The fourth-order valence-electron chi connectivity index (χ4n) is 1.15. The van der Waals surface area contributed by atoms with E-state index >= 15 is 0 Å². The Hall–Kier alpha value is -1.40. The number of aromatic nitrogens is 3. The summed E-state index contributed by atoms with van der Waals surface area (Å²) in [5.74, 6) is 0. The second kappa shape index (κ2) is 3.39. The highest BCUT2D eigenvalue weighted by Crippen LogP contribution is 2.26. The average Bonchev–Trinajstić information content (AvgIpc) is 2.73. The number of imidazole rings is 1. The molecule has 2 heterocycles. The lowest BCUT2D eigenvalue weighted by atomic mass is 10.2. The van der Waals surface area contributed by atoms with Crippen molar-refractivity contribution in [1.82, 2.24) is 14.5 Å². The molecule has 0 saturated carbocycles. The van der Waals surface area contributed by atoms with Crippen LogP contribution in [0.2, 0.25) is 0 Å². The van der Waals surface area contributed by atoms with Gasteiger partial charge in [-0.05, 0) is 0 Å². The molecule has 0 aliphatic heterocycles. The molecule has 0 bridgehead atoms. The molecule has 0 aromatic carbocycles. The van der Waals surface area contributed by atoms with Gasteiger partial charge in [-0.25, -0.2) is 9.97 Å². The monoisotopic (exact) mass is 210 g/mol. The van der Waals surface area contributed by atoms with Gasteiger partial charge in [0, 0.05) is 19.4 Å². The van der Waals surface area contributed by atoms with Gasteiger partial charge < -0.3 is 15.4 Å². The van der Waals surface area contributed by atoms with Crippen LogP contribution in [-0.4, -0.2) is 19.6 Å². The van der Waals surface area contributed by atoms with Crippen LogP contribution in [0.5, 0.6) is 0 Å². The molecule has 0 amide bonds. The van der Waals surface area contributed by atoms with Crippen LogP contribution in [0.3, 0.4) is 0 Å². The van der Waals surface area contributed by atoms with E-state index in [1.807, 2.05) is 7.05 Å². The van der Waals surface area contributed by atoms with Gasteiger partial charge in [0.25, 0.3) is 0 Å². The molecule has 0 saturated heterocycles. The Bertz CT molecular complexity index is 396. The molecule has 0 aliphatic rings. The van der Waals surface area contributed by atoms with Crippen molar-refractivity contribution >= 4 is 16.5 Å². The summed E-state index contributed by atoms with van der Waals surface area (Å²) in [6.07, 6.45) is 4.24. The standard InChI is InChI=1S/C8H10N4OS/c1-12-3-5(11-4-12)7(13)6-2-10-8(9)14-6/h2-4,7,13H,1H3,(H2,9,10). The van der Waals surface area contributed by atoms with Crippen molar-refractivity contribution in [2.45, 2.75) is 6.10 Å². The van der Waals surface area contributed by atoms with Crippen LogP contribution in [-0.2, 0) is 7.05 Å². The van der Waals surface area contributed by atoms with Crippen molar-refractivity contribution in [2.24, 2.45) is 7.05 Å². The lowest BCUT2D eigenvalue weighted by Gasteiger charge is -2.02. The quantitative estimate of drug-likeness (QED) is 0.758. The first-order valence-electron chi connectivity index (χ1n) is 4.04. The lowest BCUT2D eigenvalue weighted by Crippen LogP contribution is -1.97. The Labute approximate surface area is 84.9 Å². The third kappa shape index (κ3) is 1.61. The van der Waals surface area contributed by atoms with Gasteiger partial charge in [-0.3, -0.25) is 0 Å². The molecule has 6 heteroatoms. The van der Waals surface area contributed by atoms with Crippen LogP contribution in [0.4, 0.5) is 5.13 Å². The predicted octanol–water partition coefficient (Wildman–Crippen LogP) is 0.540. The SMILES string of the molecule is Cn1cnc(C(O)c2cnc(N)s2)c1. The number of nitrogens with zero attached hydrogens (tertiary/aromatic N) is 3. The minimum absolute atomic E-state index is 0.454. The Morgan fingerprint density at radius 3 is 2.86 bits per heavy atom. The largest absolute Gasteiger partial charge is 0.381 e. The first kappa shape index (κ1) is 9.17. The fraction of sp³-hybridized carbons (Fsp3) is 0.250. The summed E-state index contributed by atoms with van der Waals surface area (Å²) in [5.41, 5.74) is 6.08. The number of aliphatic hydroxyl groups is 1. The zero-order valence-corrected chi connectivity index (χ0v) is 8.40. The minimum Gasteiger partial charge on any atom is -0.381 e. The molecule has 2 aromatic heterocycles. The van der Waals surface area contributed by atoms with E-state index in [1.165, 1.54) is 11.3 Å². The second-order valence-corrected chi connectivity index (χ2v) is 4.06. The zero-order chi connectivity index (χ0) is 10.1. The maximum atomic E-state index is 9.86. The summed E-state index contributed by atoms with van der Waals surface area (Å²) >= 11 is 1.27. The molecule has 14 heavy (non-hydrogen) atoms. The van der Waals surface area contributed by atoms with Gasteiger partial charge in [0.15, 0.2) is 5.13 Å². The van der Waals surface area contributed by atoms with Crippen LogP contribution in [0, 0.1) is 0 Å². The number of aryl methyl sites for hydroxylation is 1. The topological polar surface area (TPSA) is 77.0 Å². The van der Waals surface area contributed by atoms with Crippen LogP contribution >= 0.6 is 11.3 Å². The number of nitrogens with two attached hydrogens (primary N) is 1. The van der Waals surface area contributed by atoms with E-state index in [1.54, 1.807) is 23.3 Å². The molecule has 5 nitrogen and oxygen atoms in total. The number of rotatable bonds is 2. The van der Waals surface area contributed by atoms with Crippen LogP contribution in [0.15, 0.2) is 18.7 Å². The summed E-state index contributed by atoms with van der Waals surface area (Å²) in [7, 11) is 1.85. The maximum absolute atomic E-state index is 9.86. The molecular weight excluding hydrogens is 200 g/mol. The number of thiazole rings is 1. The van der Waals surface area contributed by atoms with Crippen molar-refractivity contribution in [2.75, 3.05) is 5.73 Å². The first-order valence-corrected chi connectivity index (χ1v) is 4.85. The summed E-state index contributed by atoms with van der Waals surface area (Å²) < 4.78 is 1.78. The number of nitrogen functional groups attached to an aromatic ring is 1. The molecule has 1 unspecified atom stereocenters. The van der Waals surface area contributed by atoms with Gasteiger partial charge >= 0.3 is 0 Å². The Morgan fingerprint density at radius 1 is 1.57 bits per heavy atom. The van der Waals surface area contributed by atoms with Gasteiger partial charge in [-0.1, -0.05) is 11.3 Å². The lowest BCUT2D eigenvalue weighted by molar-refractivity contribution is 0.219. The zero-order valence-electron chi connectivity index (χ0n) is 7.58. The van der Waals surface area contributed by atoms with Crippen molar-refractivity contribution in [1.29, 1.82) is 0 Å². The molecule has 0 aliphatic carbocycles. The van der Waals surface area contributed by atoms with E-state index in [4.69, 9.17) is 5.73 Å². The summed E-state index contributed by atoms with van der Waals surface area (Å²) in [4.78, 5) is 8.63. The van der Waals surface area contributed by atoms with Gasteiger partial charge in [0.05, 0.1) is 16.9 Å². The summed E-state index contributed by atoms with van der Waals surface area (Å²) in [6, 6.07) is 0. The van der Waals surface area contributed by atoms with Crippen molar-refractivity contribution in [3.63, 3.8) is 0 Å². The van der Waals surface area contributed by atoms with E-state index < -0.39 is 6.10 Å². The molecule has 0 spiro atoms. The molecule has 3 N–H and O–H groups in total. The fourth-order valence-corrected chi connectivity index (χ4v) is 1.83. The van der Waals surface area contributed by atoms with Crippen molar-refractivity contribution in [3.05, 3.63) is 29.3 Å². The smallest absolute Gasteiger partial charge is 0.180 e. The molecule has 2 aromatic rings. The number of anilines is 1. The first-order chi connectivity index (χ1) is 6.66. The molecule has 74 valence electrons. The number of hydrogen-bond donors (Lipinski definition) is 2. The summed E-state index contributed by atoms with van der Waals surface area (Å²) in [6.45, 7) is 0.